The molecule has 86 valence electrons. The van der Waals surface area contributed by atoms with Crippen LogP contribution >= 0.6 is 0 Å². The molecule has 2 nitrogen and oxygen atoms in total. The average Bonchev–Trinajstić information content (AvgIpc) is 2.66. The maximum Gasteiger partial charge on any atom is 0.141 e. The van der Waals surface area contributed by atoms with Crippen LogP contribution in [0.5, 0.6) is 0 Å². The lowest BCUT2D eigenvalue weighted by atomic mass is 9.87. The zero-order valence-corrected chi connectivity index (χ0v) is 10.2. The number of carbonyl (C=O) groups excluding carboxylic acids is 1. The van der Waals surface area contributed by atoms with Gasteiger partial charge in [0.15, 0.2) is 0 Å². The molecular formula is C13H23NO. The Morgan fingerprint density at radius 1 is 1.53 bits per heavy atom. The minimum atomic E-state index is 0.277. The smallest absolute Gasteiger partial charge is 0.141 e. The molecule has 2 aliphatic rings. The zero-order chi connectivity index (χ0) is 11.1. The molecule has 0 radical (unpaired) electrons. The first kappa shape index (κ1) is 11.1. The molecule has 0 bridgehead atoms. The Morgan fingerprint density at radius 2 is 2.20 bits per heavy atom. The first-order valence-electron chi connectivity index (χ1n) is 6.33. The van der Waals surface area contributed by atoms with Gasteiger partial charge in [0, 0.05) is 17.9 Å². The van der Waals surface area contributed by atoms with E-state index in [4.69, 9.17) is 0 Å². The van der Waals surface area contributed by atoms with Gasteiger partial charge in [0.25, 0.3) is 0 Å². The van der Waals surface area contributed by atoms with Crippen LogP contribution in [0.1, 0.15) is 46.5 Å². The van der Waals surface area contributed by atoms with Crippen molar-refractivity contribution in [2.24, 2.45) is 17.3 Å². The van der Waals surface area contributed by atoms with Crippen molar-refractivity contribution in [1.82, 2.24) is 5.32 Å². The van der Waals surface area contributed by atoms with Crippen molar-refractivity contribution in [1.29, 1.82) is 0 Å². The summed E-state index contributed by atoms with van der Waals surface area (Å²) in [6.45, 7) is 7.68. The lowest BCUT2D eigenvalue weighted by Crippen LogP contribution is -2.36. The van der Waals surface area contributed by atoms with Crippen molar-refractivity contribution in [2.45, 2.75) is 52.5 Å². The normalized spacial score (nSPS) is 35.1. The molecule has 1 N–H and O–H groups in total. The van der Waals surface area contributed by atoms with E-state index in [1.54, 1.807) is 0 Å². The van der Waals surface area contributed by atoms with Crippen LogP contribution in [0, 0.1) is 17.3 Å². The van der Waals surface area contributed by atoms with E-state index >= 15 is 0 Å². The SMILES string of the molecule is CCC(C(=O)C1CC1(C)C)C1CCCN1. The molecule has 2 rings (SSSR count). The molecule has 1 saturated heterocycles. The largest absolute Gasteiger partial charge is 0.313 e. The first-order valence-corrected chi connectivity index (χ1v) is 6.33. The van der Waals surface area contributed by atoms with Crippen molar-refractivity contribution in [2.75, 3.05) is 6.54 Å². The molecule has 0 amide bonds. The van der Waals surface area contributed by atoms with E-state index in [-0.39, 0.29) is 5.92 Å². The molecule has 1 heterocycles. The summed E-state index contributed by atoms with van der Waals surface area (Å²) in [4.78, 5) is 12.3. The summed E-state index contributed by atoms with van der Waals surface area (Å²) >= 11 is 0. The number of hydrogen-bond donors (Lipinski definition) is 1. The highest BCUT2D eigenvalue weighted by Crippen LogP contribution is 2.53. The number of rotatable bonds is 4. The van der Waals surface area contributed by atoms with E-state index in [2.05, 4.69) is 26.1 Å². The van der Waals surface area contributed by atoms with Gasteiger partial charge in [-0.1, -0.05) is 20.8 Å². The standard InChI is InChI=1S/C13H23NO/c1-4-9(11-6-5-7-14-11)12(15)10-8-13(10,2)3/h9-11,14H,4-8H2,1-3H3. The summed E-state index contributed by atoms with van der Waals surface area (Å²) in [6, 6.07) is 0.471. The predicted molar refractivity (Wildman–Crippen MR) is 61.7 cm³/mol. The zero-order valence-electron chi connectivity index (χ0n) is 10.2. The second kappa shape index (κ2) is 3.89. The highest BCUT2D eigenvalue weighted by molar-refractivity contribution is 5.87. The Kier molecular flexibility index (Phi) is 2.89. The number of ketones is 1. The summed E-state index contributed by atoms with van der Waals surface area (Å²) in [5.41, 5.74) is 0.295. The molecule has 1 saturated carbocycles. The first-order chi connectivity index (χ1) is 7.06. The van der Waals surface area contributed by atoms with Gasteiger partial charge in [0.1, 0.15) is 5.78 Å². The van der Waals surface area contributed by atoms with Crippen molar-refractivity contribution in [3.8, 4) is 0 Å². The van der Waals surface area contributed by atoms with Gasteiger partial charge in [-0.25, -0.2) is 0 Å². The molecule has 3 atom stereocenters. The van der Waals surface area contributed by atoms with Gasteiger partial charge >= 0.3 is 0 Å². The molecule has 1 aliphatic carbocycles. The minimum Gasteiger partial charge on any atom is -0.313 e. The summed E-state index contributed by atoms with van der Waals surface area (Å²) in [5, 5.41) is 3.48. The van der Waals surface area contributed by atoms with E-state index in [0.29, 0.717) is 23.2 Å². The predicted octanol–water partition coefficient (Wildman–Crippen LogP) is 2.38. The third-order valence-corrected chi connectivity index (χ3v) is 4.25. The molecule has 0 aromatic carbocycles. The Morgan fingerprint density at radius 3 is 2.60 bits per heavy atom. The number of carbonyl (C=O) groups is 1. The van der Waals surface area contributed by atoms with Crippen LogP contribution in [0.25, 0.3) is 0 Å². The quantitative estimate of drug-likeness (QED) is 0.770. The lowest BCUT2D eigenvalue weighted by Gasteiger charge is -2.21. The number of Topliss-reactive ketones (excluding diaryl/α,β-unsaturated/α-hetero) is 1. The van der Waals surface area contributed by atoms with Crippen LogP contribution in [-0.2, 0) is 4.79 Å². The van der Waals surface area contributed by atoms with Crippen molar-refractivity contribution in [3.63, 3.8) is 0 Å². The molecule has 15 heavy (non-hydrogen) atoms. The maximum absolute atomic E-state index is 12.3. The molecule has 2 heteroatoms. The van der Waals surface area contributed by atoms with E-state index in [1.807, 2.05) is 0 Å². The highest BCUT2D eigenvalue weighted by atomic mass is 16.1. The fraction of sp³-hybridized carbons (Fsp3) is 0.923. The summed E-state index contributed by atoms with van der Waals surface area (Å²) in [6.07, 6.45) is 4.54. The number of hydrogen-bond acceptors (Lipinski definition) is 2. The van der Waals surface area contributed by atoms with Crippen molar-refractivity contribution >= 4 is 5.78 Å². The van der Waals surface area contributed by atoms with Crippen molar-refractivity contribution < 1.29 is 4.79 Å². The molecule has 3 unspecified atom stereocenters. The van der Waals surface area contributed by atoms with Crippen LogP contribution < -0.4 is 5.32 Å². The third-order valence-electron chi connectivity index (χ3n) is 4.25. The molecule has 0 spiro atoms. The number of nitrogens with one attached hydrogen (secondary N) is 1. The van der Waals surface area contributed by atoms with E-state index < -0.39 is 0 Å². The van der Waals surface area contributed by atoms with Gasteiger partial charge in [0.2, 0.25) is 0 Å². The van der Waals surface area contributed by atoms with Gasteiger partial charge < -0.3 is 5.32 Å². The Labute approximate surface area is 92.8 Å². The second-order valence-electron chi connectivity index (χ2n) is 5.87. The van der Waals surface area contributed by atoms with Crippen LogP contribution in [0.2, 0.25) is 0 Å². The van der Waals surface area contributed by atoms with Crippen LogP contribution in [0.15, 0.2) is 0 Å². The van der Waals surface area contributed by atoms with Gasteiger partial charge in [-0.05, 0) is 37.6 Å². The molecular weight excluding hydrogens is 186 g/mol. The summed E-state index contributed by atoms with van der Waals surface area (Å²) in [7, 11) is 0. The van der Waals surface area contributed by atoms with E-state index in [0.717, 1.165) is 19.4 Å². The fourth-order valence-corrected chi connectivity index (χ4v) is 2.95. The highest BCUT2D eigenvalue weighted by Gasteiger charge is 2.52. The maximum atomic E-state index is 12.3. The topological polar surface area (TPSA) is 29.1 Å². The molecule has 1 aliphatic heterocycles. The lowest BCUT2D eigenvalue weighted by molar-refractivity contribution is -0.125. The van der Waals surface area contributed by atoms with Gasteiger partial charge in [0.05, 0.1) is 0 Å². The van der Waals surface area contributed by atoms with Gasteiger partial charge in [-0.2, -0.15) is 0 Å². The minimum absolute atomic E-state index is 0.277. The molecule has 0 aromatic rings. The van der Waals surface area contributed by atoms with Crippen LogP contribution in [-0.4, -0.2) is 18.4 Å². The third kappa shape index (κ3) is 2.10. The molecule has 0 aromatic heterocycles. The van der Waals surface area contributed by atoms with Gasteiger partial charge in [-0.3, -0.25) is 4.79 Å². The van der Waals surface area contributed by atoms with Gasteiger partial charge in [-0.15, -0.1) is 0 Å². The molecule has 2 fully saturated rings. The second-order valence-corrected chi connectivity index (χ2v) is 5.87. The van der Waals surface area contributed by atoms with E-state index in [1.165, 1.54) is 12.8 Å². The average molecular weight is 209 g/mol. The summed E-state index contributed by atoms with van der Waals surface area (Å²) < 4.78 is 0. The van der Waals surface area contributed by atoms with Crippen LogP contribution in [0.3, 0.4) is 0 Å². The summed E-state index contributed by atoms with van der Waals surface area (Å²) in [5.74, 6) is 1.16. The van der Waals surface area contributed by atoms with Crippen molar-refractivity contribution in [3.05, 3.63) is 0 Å². The Hall–Kier alpha value is -0.370. The fourth-order valence-electron chi connectivity index (χ4n) is 2.95. The van der Waals surface area contributed by atoms with Crippen LogP contribution in [0.4, 0.5) is 0 Å². The monoisotopic (exact) mass is 209 g/mol. The Balaban J connectivity index is 1.97. The van der Waals surface area contributed by atoms with E-state index in [9.17, 15) is 4.79 Å². The Bertz CT molecular complexity index is 253.